The van der Waals surface area contributed by atoms with Gasteiger partial charge in [0, 0.05) is 56.7 Å². The maximum absolute atomic E-state index is 12.0. The second-order valence-electron chi connectivity index (χ2n) is 10.8. The molecule has 1 amide bonds. The van der Waals surface area contributed by atoms with Crippen LogP contribution in [0.3, 0.4) is 0 Å². The van der Waals surface area contributed by atoms with Crippen LogP contribution >= 0.6 is 0 Å². The van der Waals surface area contributed by atoms with Crippen LogP contribution in [0.2, 0.25) is 0 Å². The molecule has 10 nitrogen and oxygen atoms in total. The highest BCUT2D eigenvalue weighted by Gasteiger charge is 2.28. The Morgan fingerprint density at radius 2 is 1.97 bits per heavy atom. The Morgan fingerprint density at radius 3 is 2.68 bits per heavy atom. The number of aryl methyl sites for hydroxylation is 1. The molecule has 202 valence electrons. The number of morpholine rings is 1. The first-order chi connectivity index (χ1) is 18.0. The van der Waals surface area contributed by atoms with E-state index in [1.165, 1.54) is 18.4 Å². The molecule has 0 radical (unpaired) electrons. The van der Waals surface area contributed by atoms with Gasteiger partial charge in [-0.2, -0.15) is 10.1 Å². The standard InChI is InChI=1S/C27H42N8O2/c1-4-23-24(17-35(32-23)21-8-12-33(13-9-21)19(2)3)30-27-29-16-22(20-6-7-20)26(31-27)28-10-5-11-34-14-15-37-18-25(34)36/h16-17,19-21H,4-15,18H2,1-3H3,(H2,28,29,30,31). The zero-order chi connectivity index (χ0) is 25.8. The number of carbonyl (C=O) groups excluding carboxylic acids is 1. The van der Waals surface area contributed by atoms with E-state index in [-0.39, 0.29) is 12.5 Å². The van der Waals surface area contributed by atoms with Crippen LogP contribution < -0.4 is 10.6 Å². The Balaban J connectivity index is 1.22. The van der Waals surface area contributed by atoms with Crippen LogP contribution in [0, 0.1) is 0 Å². The van der Waals surface area contributed by atoms with E-state index in [9.17, 15) is 4.79 Å². The molecule has 2 saturated heterocycles. The molecule has 37 heavy (non-hydrogen) atoms. The van der Waals surface area contributed by atoms with Crippen molar-refractivity contribution in [3.63, 3.8) is 0 Å². The van der Waals surface area contributed by atoms with Crippen LogP contribution in [0.25, 0.3) is 0 Å². The summed E-state index contributed by atoms with van der Waals surface area (Å²) in [4.78, 5) is 25.9. The van der Waals surface area contributed by atoms with E-state index in [0.29, 0.717) is 37.1 Å². The lowest BCUT2D eigenvalue weighted by molar-refractivity contribution is -0.142. The van der Waals surface area contributed by atoms with Crippen molar-refractivity contribution < 1.29 is 9.53 Å². The number of aromatic nitrogens is 4. The number of nitrogens with zero attached hydrogens (tertiary/aromatic N) is 6. The summed E-state index contributed by atoms with van der Waals surface area (Å²) >= 11 is 0. The summed E-state index contributed by atoms with van der Waals surface area (Å²) in [7, 11) is 0. The van der Waals surface area contributed by atoms with Gasteiger partial charge in [-0.05, 0) is 58.3 Å². The first-order valence-electron chi connectivity index (χ1n) is 14.1. The van der Waals surface area contributed by atoms with Crippen LogP contribution in [-0.4, -0.2) is 87.4 Å². The van der Waals surface area contributed by atoms with Crippen molar-refractivity contribution in [2.24, 2.45) is 0 Å². The topological polar surface area (TPSA) is 100 Å². The fourth-order valence-corrected chi connectivity index (χ4v) is 5.32. The first-order valence-corrected chi connectivity index (χ1v) is 14.1. The van der Waals surface area contributed by atoms with E-state index >= 15 is 0 Å². The fourth-order valence-electron chi connectivity index (χ4n) is 5.32. The predicted molar refractivity (Wildman–Crippen MR) is 144 cm³/mol. The largest absolute Gasteiger partial charge is 0.370 e. The molecule has 0 unspecified atom stereocenters. The molecule has 0 spiro atoms. The second kappa shape index (κ2) is 11.8. The Kier molecular flexibility index (Phi) is 8.24. The molecule has 2 aromatic rings. The third-order valence-electron chi connectivity index (χ3n) is 7.81. The van der Waals surface area contributed by atoms with Crippen molar-refractivity contribution in [3.05, 3.63) is 23.7 Å². The number of amides is 1. The average Bonchev–Trinajstić information content (AvgIpc) is 3.67. The Labute approximate surface area is 220 Å². The number of hydrogen-bond acceptors (Lipinski definition) is 8. The van der Waals surface area contributed by atoms with Gasteiger partial charge in [-0.25, -0.2) is 4.98 Å². The Bertz CT molecular complexity index is 1060. The van der Waals surface area contributed by atoms with E-state index in [1.54, 1.807) is 0 Å². The third-order valence-corrected chi connectivity index (χ3v) is 7.81. The summed E-state index contributed by atoms with van der Waals surface area (Å²) in [5.41, 5.74) is 3.23. The van der Waals surface area contributed by atoms with Crippen LogP contribution in [-0.2, 0) is 16.0 Å². The van der Waals surface area contributed by atoms with Gasteiger partial charge in [-0.15, -0.1) is 0 Å². The van der Waals surface area contributed by atoms with Crippen molar-refractivity contribution in [3.8, 4) is 0 Å². The lowest BCUT2D eigenvalue weighted by Crippen LogP contribution is -2.42. The molecule has 2 N–H and O–H groups in total. The maximum atomic E-state index is 12.0. The number of nitrogens with one attached hydrogen (secondary N) is 2. The molecule has 10 heteroatoms. The van der Waals surface area contributed by atoms with Crippen molar-refractivity contribution in [2.75, 3.05) is 56.6 Å². The minimum absolute atomic E-state index is 0.0798. The Hall–Kier alpha value is -2.72. The number of piperidine rings is 1. The smallest absolute Gasteiger partial charge is 0.248 e. The lowest BCUT2D eigenvalue weighted by atomic mass is 10.0. The van der Waals surface area contributed by atoms with E-state index in [4.69, 9.17) is 14.8 Å². The molecule has 1 aliphatic carbocycles. The number of carbonyl (C=O) groups is 1. The summed E-state index contributed by atoms with van der Waals surface area (Å²) < 4.78 is 7.38. The fraction of sp³-hybridized carbons (Fsp3) is 0.704. The quantitative estimate of drug-likeness (QED) is 0.443. The second-order valence-corrected chi connectivity index (χ2v) is 10.8. The molecule has 4 heterocycles. The van der Waals surface area contributed by atoms with Gasteiger partial charge in [0.15, 0.2) is 0 Å². The van der Waals surface area contributed by atoms with Gasteiger partial charge < -0.3 is 25.2 Å². The zero-order valence-corrected chi connectivity index (χ0v) is 22.6. The summed E-state index contributed by atoms with van der Waals surface area (Å²) in [5.74, 6) is 2.12. The number of hydrogen-bond donors (Lipinski definition) is 2. The molecule has 0 bridgehead atoms. The van der Waals surface area contributed by atoms with E-state index in [2.05, 4.69) is 52.2 Å². The molecule has 1 saturated carbocycles. The average molecular weight is 511 g/mol. The van der Waals surface area contributed by atoms with Crippen LogP contribution in [0.5, 0.6) is 0 Å². The van der Waals surface area contributed by atoms with E-state index in [1.807, 2.05) is 11.1 Å². The highest BCUT2D eigenvalue weighted by molar-refractivity contribution is 5.77. The van der Waals surface area contributed by atoms with Gasteiger partial charge >= 0.3 is 0 Å². The molecule has 0 aromatic carbocycles. The molecular weight excluding hydrogens is 468 g/mol. The minimum atomic E-state index is 0.0798. The monoisotopic (exact) mass is 510 g/mol. The van der Waals surface area contributed by atoms with Gasteiger partial charge in [0.2, 0.25) is 11.9 Å². The number of ether oxygens (including phenoxy) is 1. The summed E-state index contributed by atoms with van der Waals surface area (Å²) in [6.07, 6.45) is 10.5. The highest BCUT2D eigenvalue weighted by Crippen LogP contribution is 2.43. The summed E-state index contributed by atoms with van der Waals surface area (Å²) in [5, 5.41) is 11.9. The number of likely N-dealkylation sites (tertiary alicyclic amines) is 1. The van der Waals surface area contributed by atoms with Crippen LogP contribution in [0.1, 0.15) is 76.1 Å². The van der Waals surface area contributed by atoms with Crippen molar-refractivity contribution >= 4 is 23.4 Å². The predicted octanol–water partition coefficient (Wildman–Crippen LogP) is 3.56. The molecule has 3 fully saturated rings. The highest BCUT2D eigenvalue weighted by atomic mass is 16.5. The van der Waals surface area contributed by atoms with E-state index < -0.39 is 0 Å². The maximum Gasteiger partial charge on any atom is 0.248 e. The van der Waals surface area contributed by atoms with Crippen molar-refractivity contribution in [1.29, 1.82) is 0 Å². The van der Waals surface area contributed by atoms with Gasteiger partial charge in [0.25, 0.3) is 0 Å². The third kappa shape index (κ3) is 6.41. The molecular formula is C27H42N8O2. The molecule has 3 aliphatic rings. The van der Waals surface area contributed by atoms with Gasteiger partial charge in [-0.1, -0.05) is 6.92 Å². The summed E-state index contributed by atoms with van der Waals surface area (Å²) in [6.45, 7) is 11.9. The number of rotatable bonds is 11. The van der Waals surface area contributed by atoms with Gasteiger partial charge in [0.05, 0.1) is 24.0 Å². The Morgan fingerprint density at radius 1 is 1.16 bits per heavy atom. The van der Waals surface area contributed by atoms with Gasteiger partial charge in [0.1, 0.15) is 12.4 Å². The normalized spacial score (nSPS) is 19.6. The first kappa shape index (κ1) is 25.9. The molecule has 2 aromatic heterocycles. The summed E-state index contributed by atoms with van der Waals surface area (Å²) in [6, 6.07) is 1.03. The minimum Gasteiger partial charge on any atom is -0.370 e. The molecule has 0 atom stereocenters. The number of anilines is 3. The molecule has 2 aliphatic heterocycles. The molecule has 5 rings (SSSR count). The van der Waals surface area contributed by atoms with Crippen molar-refractivity contribution in [1.82, 2.24) is 29.5 Å². The SMILES string of the molecule is CCc1nn(C2CCN(C(C)C)CC2)cc1Nc1ncc(C2CC2)c(NCCCN2CCOCC2=O)n1. The van der Waals surface area contributed by atoms with E-state index in [0.717, 1.165) is 69.1 Å². The van der Waals surface area contributed by atoms with Crippen molar-refractivity contribution in [2.45, 2.75) is 77.3 Å². The zero-order valence-electron chi connectivity index (χ0n) is 22.6. The lowest BCUT2D eigenvalue weighted by Gasteiger charge is -2.34. The van der Waals surface area contributed by atoms with Crippen LogP contribution in [0.4, 0.5) is 17.5 Å². The van der Waals surface area contributed by atoms with Gasteiger partial charge in [-0.3, -0.25) is 9.48 Å². The van der Waals surface area contributed by atoms with Crippen LogP contribution in [0.15, 0.2) is 12.4 Å².